The summed E-state index contributed by atoms with van der Waals surface area (Å²) in [5, 5.41) is 1.14. The van der Waals surface area contributed by atoms with Gasteiger partial charge in [0.1, 0.15) is 0 Å². The molecule has 0 N–H and O–H groups in total. The minimum absolute atomic E-state index is 0. The van der Waals surface area contributed by atoms with Crippen LogP contribution in [0.1, 0.15) is 0 Å². The second-order valence-electron chi connectivity index (χ2n) is 4.15. The molecule has 0 radical (unpaired) electrons. The van der Waals surface area contributed by atoms with Gasteiger partial charge in [-0.15, -0.1) is 17.0 Å². The van der Waals surface area contributed by atoms with Gasteiger partial charge in [0.15, 0.2) is 10.7 Å². The highest BCUT2D eigenvalue weighted by atomic mass is 79.9. The smallest absolute Gasteiger partial charge is 0.172 e. The first-order valence-electron chi connectivity index (χ1n) is 5.18. The van der Waals surface area contributed by atoms with Crippen LogP contribution in [0.2, 0.25) is 0 Å². The molecule has 1 saturated heterocycles. The first-order valence-corrected chi connectivity index (χ1v) is 7.39. The van der Waals surface area contributed by atoms with Gasteiger partial charge in [-0.25, -0.2) is 4.99 Å². The van der Waals surface area contributed by atoms with E-state index in [1.165, 1.54) is 0 Å². The van der Waals surface area contributed by atoms with Crippen molar-refractivity contribution >= 4 is 43.7 Å². The van der Waals surface area contributed by atoms with E-state index < -0.39 is 0 Å². The van der Waals surface area contributed by atoms with E-state index in [0.717, 1.165) is 31.3 Å². The summed E-state index contributed by atoms with van der Waals surface area (Å²) in [5.74, 6) is 0. The van der Waals surface area contributed by atoms with Crippen LogP contribution in [0.4, 0.5) is 0 Å². The van der Waals surface area contributed by atoms with Gasteiger partial charge in [0.05, 0.1) is 0 Å². The zero-order valence-electron chi connectivity index (χ0n) is 9.92. The molecule has 94 valence electrons. The Labute approximate surface area is 116 Å². The number of aliphatic imine (C=N–C) groups is 1. The van der Waals surface area contributed by atoms with Crippen molar-refractivity contribution in [2.24, 2.45) is 4.99 Å². The van der Waals surface area contributed by atoms with Crippen molar-refractivity contribution in [2.75, 3.05) is 47.3 Å². The monoisotopic (exact) mass is 326 g/mol. The molecule has 0 aromatic carbocycles. The van der Waals surface area contributed by atoms with Gasteiger partial charge < -0.3 is 9.80 Å². The van der Waals surface area contributed by atoms with E-state index in [2.05, 4.69) is 35.8 Å². The third-order valence-corrected chi connectivity index (χ3v) is 5.21. The predicted molar refractivity (Wildman–Crippen MR) is 79.5 cm³/mol. The molecule has 7 heteroatoms. The first kappa shape index (κ1) is 14.6. The number of amidine groups is 1. The van der Waals surface area contributed by atoms with Crippen molar-refractivity contribution in [3.63, 3.8) is 0 Å². The molecule has 0 saturated carbocycles. The van der Waals surface area contributed by atoms with Crippen molar-refractivity contribution in [2.45, 2.75) is 5.50 Å². The summed E-state index contributed by atoms with van der Waals surface area (Å²) in [7, 11) is 9.95. The summed E-state index contributed by atoms with van der Waals surface area (Å²) in [5.41, 5.74) is 0.334. The Kier molecular flexibility index (Phi) is 5.93. The highest BCUT2D eigenvalue weighted by molar-refractivity contribution is 8.93. The van der Waals surface area contributed by atoms with E-state index in [-0.39, 0.29) is 17.0 Å². The van der Waals surface area contributed by atoms with Crippen LogP contribution in [0.3, 0.4) is 0 Å². The van der Waals surface area contributed by atoms with Crippen LogP contribution < -0.4 is 0 Å². The Morgan fingerprint density at radius 1 is 1.25 bits per heavy atom. The third kappa shape index (κ3) is 3.53. The molecular weight excluding hydrogens is 308 g/mol. The fourth-order valence-electron chi connectivity index (χ4n) is 1.60. The first-order chi connectivity index (χ1) is 7.16. The lowest BCUT2D eigenvalue weighted by Crippen LogP contribution is -2.47. The summed E-state index contributed by atoms with van der Waals surface area (Å²) in [4.78, 5) is 11.6. The van der Waals surface area contributed by atoms with E-state index in [4.69, 9.17) is 4.99 Å². The lowest BCUT2D eigenvalue weighted by Gasteiger charge is -2.34. The number of hydrogen-bond acceptors (Lipinski definition) is 6. The fourth-order valence-corrected chi connectivity index (χ4v) is 4.19. The fraction of sp³-hybridized carbons (Fsp3) is 0.889. The number of hydrogen-bond donors (Lipinski definition) is 0. The van der Waals surface area contributed by atoms with Crippen LogP contribution in [-0.2, 0) is 0 Å². The molecule has 2 heterocycles. The number of halogens is 1. The molecule has 0 aromatic heterocycles. The summed E-state index contributed by atoms with van der Waals surface area (Å²) in [6.07, 6.45) is 0. The summed E-state index contributed by atoms with van der Waals surface area (Å²) in [6, 6.07) is 0. The minimum Gasteiger partial charge on any atom is -0.357 e. The Hall–Kier alpha value is 0.570. The summed E-state index contributed by atoms with van der Waals surface area (Å²) in [6.45, 7) is 4.60. The molecule has 0 spiro atoms. The minimum atomic E-state index is 0. The van der Waals surface area contributed by atoms with Crippen molar-refractivity contribution in [3.8, 4) is 0 Å². The maximum atomic E-state index is 4.71. The van der Waals surface area contributed by atoms with E-state index in [0.29, 0.717) is 5.50 Å². The molecule has 1 unspecified atom stereocenters. The van der Waals surface area contributed by atoms with E-state index >= 15 is 0 Å². The van der Waals surface area contributed by atoms with Gasteiger partial charge in [-0.3, -0.25) is 4.90 Å². The van der Waals surface area contributed by atoms with Crippen molar-refractivity contribution in [1.29, 1.82) is 0 Å². The molecule has 16 heavy (non-hydrogen) atoms. The van der Waals surface area contributed by atoms with Crippen molar-refractivity contribution < 1.29 is 0 Å². The molecule has 0 bridgehead atoms. The van der Waals surface area contributed by atoms with Crippen molar-refractivity contribution in [3.05, 3.63) is 0 Å². The molecule has 0 aromatic rings. The topological polar surface area (TPSA) is 22.1 Å². The predicted octanol–water partition coefficient (Wildman–Crippen LogP) is 1.41. The standard InChI is InChI=1S/C9H18N4S2.BrH/c1-11(2)8-10-9(15-14-8)13-6-4-12(3)5-7-13;/h9H,4-7H2,1-3H3;1H. The molecule has 4 nitrogen and oxygen atoms in total. The normalized spacial score (nSPS) is 27.4. The van der Waals surface area contributed by atoms with Crippen molar-refractivity contribution in [1.82, 2.24) is 14.7 Å². The zero-order chi connectivity index (χ0) is 10.8. The number of likely N-dealkylation sites (N-methyl/N-ethyl adjacent to an activating group) is 1. The van der Waals surface area contributed by atoms with Gasteiger partial charge in [0.25, 0.3) is 0 Å². The Balaban J connectivity index is 0.00000128. The van der Waals surface area contributed by atoms with Gasteiger partial charge in [-0.1, -0.05) is 0 Å². The van der Waals surface area contributed by atoms with Crippen LogP contribution in [0.25, 0.3) is 0 Å². The van der Waals surface area contributed by atoms with Gasteiger partial charge in [0.2, 0.25) is 0 Å². The number of rotatable bonds is 1. The average Bonchev–Trinajstić information content (AvgIpc) is 2.68. The second-order valence-corrected chi connectivity index (χ2v) is 6.37. The molecular formula is C9H19BrN4S2. The third-order valence-electron chi connectivity index (χ3n) is 2.66. The van der Waals surface area contributed by atoms with E-state index in [1.54, 1.807) is 10.8 Å². The molecule has 2 aliphatic rings. The average molecular weight is 327 g/mol. The molecule has 2 aliphatic heterocycles. The zero-order valence-corrected chi connectivity index (χ0v) is 13.3. The van der Waals surface area contributed by atoms with Crippen LogP contribution in [0, 0.1) is 0 Å². The maximum Gasteiger partial charge on any atom is 0.172 e. The second kappa shape index (κ2) is 6.49. The van der Waals surface area contributed by atoms with Crippen LogP contribution in [0.5, 0.6) is 0 Å². The highest BCUT2D eigenvalue weighted by Gasteiger charge is 2.28. The lowest BCUT2D eigenvalue weighted by molar-refractivity contribution is 0.147. The largest absolute Gasteiger partial charge is 0.357 e. The number of piperazine rings is 1. The molecule has 1 atom stereocenters. The Morgan fingerprint density at radius 3 is 2.38 bits per heavy atom. The van der Waals surface area contributed by atoms with Crippen LogP contribution in [0.15, 0.2) is 4.99 Å². The SMILES string of the molecule is Br.CN1CCN(C2N=C(N(C)C)SS2)CC1. The van der Waals surface area contributed by atoms with Gasteiger partial charge in [0, 0.05) is 40.3 Å². The number of nitrogens with zero attached hydrogens (tertiary/aromatic N) is 4. The lowest BCUT2D eigenvalue weighted by atomic mass is 10.3. The molecule has 0 aliphatic carbocycles. The van der Waals surface area contributed by atoms with E-state index in [9.17, 15) is 0 Å². The Bertz CT molecular complexity index is 254. The van der Waals surface area contributed by atoms with Gasteiger partial charge in [-0.05, 0) is 28.6 Å². The summed E-state index contributed by atoms with van der Waals surface area (Å²) >= 11 is 0. The summed E-state index contributed by atoms with van der Waals surface area (Å²) < 4.78 is 0. The maximum absolute atomic E-state index is 4.71. The van der Waals surface area contributed by atoms with Gasteiger partial charge >= 0.3 is 0 Å². The molecule has 1 fully saturated rings. The highest BCUT2D eigenvalue weighted by Crippen LogP contribution is 2.38. The van der Waals surface area contributed by atoms with Crippen LogP contribution >= 0.6 is 38.6 Å². The van der Waals surface area contributed by atoms with E-state index in [1.807, 2.05) is 10.8 Å². The molecule has 0 amide bonds. The van der Waals surface area contributed by atoms with Gasteiger partial charge in [-0.2, -0.15) is 0 Å². The quantitative estimate of drug-likeness (QED) is 0.677. The van der Waals surface area contributed by atoms with Crippen LogP contribution in [-0.4, -0.2) is 72.7 Å². The Morgan fingerprint density at radius 2 is 1.88 bits per heavy atom. The molecule has 2 rings (SSSR count).